The fourth-order valence-electron chi connectivity index (χ4n) is 0.478. The van der Waals surface area contributed by atoms with Gasteiger partial charge >= 0.3 is 0 Å². The fourth-order valence-corrected chi connectivity index (χ4v) is 0.478. The number of carbonyl (C=O) groups excluding carboxylic acids is 1. The molecule has 0 aromatic heterocycles. The first-order valence-electron chi connectivity index (χ1n) is 2.98. The van der Waals surface area contributed by atoms with Crippen molar-refractivity contribution in [2.24, 2.45) is 0 Å². The second kappa shape index (κ2) is 3.58. The number of carbonyl (C=O) groups is 1. The van der Waals surface area contributed by atoms with E-state index in [9.17, 15) is 4.79 Å². The molecule has 0 saturated carbocycles. The summed E-state index contributed by atoms with van der Waals surface area (Å²) in [6, 6.07) is 0. The SMILES string of the molecule is CCC(=O)[C@H](O)[C@H](C)O. The average molecular weight is 132 g/mol. The van der Waals surface area contributed by atoms with Crippen molar-refractivity contribution in [2.45, 2.75) is 32.5 Å². The molecule has 2 N–H and O–H groups in total. The second-order valence-corrected chi connectivity index (χ2v) is 2.01. The Kier molecular flexibility index (Phi) is 3.42. The highest BCUT2D eigenvalue weighted by molar-refractivity contribution is 5.82. The van der Waals surface area contributed by atoms with Gasteiger partial charge in [0.25, 0.3) is 0 Å². The highest BCUT2D eigenvalue weighted by Crippen LogP contribution is 1.95. The normalized spacial score (nSPS) is 16.9. The first-order valence-corrected chi connectivity index (χ1v) is 2.98. The van der Waals surface area contributed by atoms with E-state index in [-0.39, 0.29) is 12.2 Å². The molecule has 0 radical (unpaired) electrons. The van der Waals surface area contributed by atoms with Gasteiger partial charge in [0.1, 0.15) is 6.10 Å². The van der Waals surface area contributed by atoms with Gasteiger partial charge in [-0.05, 0) is 6.92 Å². The van der Waals surface area contributed by atoms with Crippen LogP contribution in [0.1, 0.15) is 20.3 Å². The summed E-state index contributed by atoms with van der Waals surface area (Å²) in [5.41, 5.74) is 0. The van der Waals surface area contributed by atoms with Gasteiger partial charge in [0.15, 0.2) is 5.78 Å². The lowest BCUT2D eigenvalue weighted by atomic mass is 10.1. The van der Waals surface area contributed by atoms with Crippen molar-refractivity contribution in [1.29, 1.82) is 0 Å². The molecule has 9 heavy (non-hydrogen) atoms. The summed E-state index contributed by atoms with van der Waals surface area (Å²) >= 11 is 0. The monoisotopic (exact) mass is 132 g/mol. The fraction of sp³-hybridized carbons (Fsp3) is 0.833. The van der Waals surface area contributed by atoms with Crippen LogP contribution in [0.4, 0.5) is 0 Å². The molecule has 0 aliphatic carbocycles. The van der Waals surface area contributed by atoms with Crippen molar-refractivity contribution in [3.8, 4) is 0 Å². The Morgan fingerprint density at radius 2 is 2.00 bits per heavy atom. The molecular formula is C6H12O3. The van der Waals surface area contributed by atoms with E-state index < -0.39 is 12.2 Å². The minimum atomic E-state index is -1.20. The van der Waals surface area contributed by atoms with E-state index in [4.69, 9.17) is 10.2 Å². The third kappa shape index (κ3) is 2.58. The molecule has 0 saturated heterocycles. The lowest BCUT2D eigenvalue weighted by Crippen LogP contribution is -2.30. The van der Waals surface area contributed by atoms with Gasteiger partial charge in [0, 0.05) is 6.42 Å². The smallest absolute Gasteiger partial charge is 0.163 e. The first-order chi connectivity index (χ1) is 4.09. The van der Waals surface area contributed by atoms with Crippen LogP contribution < -0.4 is 0 Å². The van der Waals surface area contributed by atoms with E-state index in [2.05, 4.69) is 0 Å². The van der Waals surface area contributed by atoms with Crippen LogP contribution in [0.3, 0.4) is 0 Å². The lowest BCUT2D eigenvalue weighted by Gasteiger charge is -2.09. The zero-order chi connectivity index (χ0) is 7.44. The van der Waals surface area contributed by atoms with Crippen molar-refractivity contribution in [1.82, 2.24) is 0 Å². The van der Waals surface area contributed by atoms with E-state index in [0.717, 1.165) is 0 Å². The lowest BCUT2D eigenvalue weighted by molar-refractivity contribution is -0.131. The molecule has 0 aliphatic heterocycles. The maximum Gasteiger partial charge on any atom is 0.163 e. The van der Waals surface area contributed by atoms with Crippen LogP contribution in [0.15, 0.2) is 0 Å². The molecule has 0 aromatic carbocycles. The number of aliphatic hydroxyl groups excluding tert-OH is 2. The summed E-state index contributed by atoms with van der Waals surface area (Å²) in [6.45, 7) is 3.03. The maximum absolute atomic E-state index is 10.5. The largest absolute Gasteiger partial charge is 0.390 e. The van der Waals surface area contributed by atoms with Gasteiger partial charge in [0.05, 0.1) is 6.10 Å². The van der Waals surface area contributed by atoms with Gasteiger partial charge < -0.3 is 10.2 Å². The Morgan fingerprint density at radius 3 is 2.11 bits per heavy atom. The topological polar surface area (TPSA) is 57.5 Å². The molecule has 0 aliphatic rings. The predicted octanol–water partition coefficient (Wildman–Crippen LogP) is -0.293. The number of rotatable bonds is 3. The molecule has 3 heteroatoms. The van der Waals surface area contributed by atoms with Gasteiger partial charge in [-0.15, -0.1) is 0 Å². The second-order valence-electron chi connectivity index (χ2n) is 2.01. The van der Waals surface area contributed by atoms with Crippen molar-refractivity contribution in [2.75, 3.05) is 0 Å². The molecule has 0 fully saturated rings. The van der Waals surface area contributed by atoms with Gasteiger partial charge in [-0.2, -0.15) is 0 Å². The molecule has 3 nitrogen and oxygen atoms in total. The van der Waals surface area contributed by atoms with Crippen LogP contribution in [-0.2, 0) is 4.79 Å². The molecular weight excluding hydrogens is 120 g/mol. The van der Waals surface area contributed by atoms with Crippen LogP contribution in [0, 0.1) is 0 Å². The Bertz CT molecular complexity index is 98.5. The highest BCUT2D eigenvalue weighted by atomic mass is 16.3. The molecule has 0 unspecified atom stereocenters. The van der Waals surface area contributed by atoms with Gasteiger partial charge in [-0.25, -0.2) is 0 Å². The zero-order valence-electron chi connectivity index (χ0n) is 5.66. The minimum Gasteiger partial charge on any atom is -0.390 e. The van der Waals surface area contributed by atoms with Gasteiger partial charge in [-0.1, -0.05) is 6.92 Å². The van der Waals surface area contributed by atoms with Crippen LogP contribution in [0.5, 0.6) is 0 Å². The number of hydrogen-bond acceptors (Lipinski definition) is 3. The third-order valence-electron chi connectivity index (χ3n) is 1.14. The Labute approximate surface area is 54.3 Å². The molecule has 0 rings (SSSR count). The Hall–Kier alpha value is -0.410. The summed E-state index contributed by atoms with van der Waals surface area (Å²) < 4.78 is 0. The zero-order valence-corrected chi connectivity index (χ0v) is 5.66. The highest BCUT2D eigenvalue weighted by Gasteiger charge is 2.17. The summed E-state index contributed by atoms with van der Waals surface area (Å²) in [5, 5.41) is 17.4. The number of ketones is 1. The maximum atomic E-state index is 10.5. The summed E-state index contributed by atoms with van der Waals surface area (Å²) in [4.78, 5) is 10.5. The quantitative estimate of drug-likeness (QED) is 0.554. The van der Waals surface area contributed by atoms with Crippen LogP contribution in [0.25, 0.3) is 0 Å². The Morgan fingerprint density at radius 1 is 1.56 bits per heavy atom. The van der Waals surface area contributed by atoms with Crippen LogP contribution in [0.2, 0.25) is 0 Å². The van der Waals surface area contributed by atoms with Gasteiger partial charge in [-0.3, -0.25) is 4.79 Å². The first kappa shape index (κ1) is 8.59. The van der Waals surface area contributed by atoms with Crippen molar-refractivity contribution in [3.63, 3.8) is 0 Å². The molecule has 0 bridgehead atoms. The molecule has 2 atom stereocenters. The molecule has 0 heterocycles. The standard InChI is InChI=1S/C6H12O3/c1-3-5(8)6(9)4(2)7/h4,6-7,9H,3H2,1-2H3/t4-,6+/m0/s1. The van der Waals surface area contributed by atoms with Crippen LogP contribution in [-0.4, -0.2) is 28.2 Å². The summed E-state index contributed by atoms with van der Waals surface area (Å²) in [5.74, 6) is -0.315. The molecule has 0 spiro atoms. The van der Waals surface area contributed by atoms with E-state index in [1.807, 2.05) is 0 Å². The van der Waals surface area contributed by atoms with Crippen LogP contribution >= 0.6 is 0 Å². The van der Waals surface area contributed by atoms with E-state index in [1.54, 1.807) is 6.92 Å². The molecule has 0 aromatic rings. The summed E-state index contributed by atoms with van der Waals surface area (Å²) in [6.07, 6.45) is -1.88. The predicted molar refractivity (Wildman–Crippen MR) is 33.0 cm³/mol. The minimum absolute atomic E-state index is 0.270. The third-order valence-corrected chi connectivity index (χ3v) is 1.14. The molecule has 0 amide bonds. The average Bonchev–Trinajstić information content (AvgIpc) is 1.84. The Balaban J connectivity index is 3.72. The van der Waals surface area contributed by atoms with Crippen molar-refractivity contribution < 1.29 is 15.0 Å². The number of hydrogen-bond donors (Lipinski definition) is 2. The number of aliphatic hydroxyl groups is 2. The van der Waals surface area contributed by atoms with Crippen molar-refractivity contribution in [3.05, 3.63) is 0 Å². The van der Waals surface area contributed by atoms with Gasteiger partial charge in [0.2, 0.25) is 0 Å². The van der Waals surface area contributed by atoms with E-state index in [0.29, 0.717) is 0 Å². The molecule has 54 valence electrons. The summed E-state index contributed by atoms with van der Waals surface area (Å²) in [7, 11) is 0. The van der Waals surface area contributed by atoms with Crippen molar-refractivity contribution >= 4 is 5.78 Å². The number of Topliss-reactive ketones (excluding diaryl/α,β-unsaturated/α-hetero) is 1. The van der Waals surface area contributed by atoms with E-state index >= 15 is 0 Å². The van der Waals surface area contributed by atoms with E-state index in [1.165, 1.54) is 6.92 Å².